The lowest BCUT2D eigenvalue weighted by Crippen LogP contribution is -2.36. The molecule has 0 spiro atoms. The highest BCUT2D eigenvalue weighted by Crippen LogP contribution is 2.34. The van der Waals surface area contributed by atoms with Crippen molar-refractivity contribution in [1.82, 2.24) is 4.90 Å². The van der Waals surface area contributed by atoms with E-state index in [1.54, 1.807) is 12.1 Å². The molecule has 0 atom stereocenters. The van der Waals surface area contributed by atoms with Gasteiger partial charge < -0.3 is 19.5 Å². The molecule has 1 fully saturated rings. The van der Waals surface area contributed by atoms with Crippen LogP contribution in [0.5, 0.6) is 11.5 Å². The Labute approximate surface area is 181 Å². The van der Waals surface area contributed by atoms with E-state index in [0.29, 0.717) is 43.1 Å². The monoisotopic (exact) mass is 430 g/mol. The summed E-state index contributed by atoms with van der Waals surface area (Å²) in [6, 6.07) is 8.74. The molecule has 0 aliphatic carbocycles. The summed E-state index contributed by atoms with van der Waals surface area (Å²) in [7, 11) is 2.94. The molecule has 1 aliphatic rings. The number of morpholine rings is 1. The first-order valence-corrected chi connectivity index (χ1v) is 10.2. The number of carbonyl (C=O) groups excluding carboxylic acids is 2. The first-order chi connectivity index (χ1) is 15.0. The molecule has 1 amide bonds. The Morgan fingerprint density at radius 3 is 2.42 bits per heavy atom. The maximum Gasteiger partial charge on any atom is 0.258 e. The SMILES string of the molecule is COc1cc(NC(=O)c2ccccc2F)c(C(=O)CCCN2CCOCC2)cc1OC. The molecule has 31 heavy (non-hydrogen) atoms. The van der Waals surface area contributed by atoms with E-state index in [9.17, 15) is 14.0 Å². The van der Waals surface area contributed by atoms with Crippen LogP contribution in [0.2, 0.25) is 0 Å². The molecule has 8 heteroatoms. The third-order valence-corrected chi connectivity index (χ3v) is 5.17. The molecule has 166 valence electrons. The van der Waals surface area contributed by atoms with Gasteiger partial charge in [0.05, 0.1) is 38.7 Å². The van der Waals surface area contributed by atoms with Crippen LogP contribution in [-0.2, 0) is 4.74 Å². The van der Waals surface area contributed by atoms with Gasteiger partial charge in [-0.05, 0) is 31.2 Å². The second-order valence-electron chi connectivity index (χ2n) is 7.17. The third kappa shape index (κ3) is 5.80. The quantitative estimate of drug-likeness (QED) is 0.615. The number of methoxy groups -OCH3 is 2. The van der Waals surface area contributed by atoms with Gasteiger partial charge in [0.25, 0.3) is 5.91 Å². The number of ketones is 1. The lowest BCUT2D eigenvalue weighted by Gasteiger charge is -2.26. The summed E-state index contributed by atoms with van der Waals surface area (Å²) < 4.78 is 30.0. The molecule has 0 unspecified atom stereocenters. The number of benzene rings is 2. The fraction of sp³-hybridized carbons (Fsp3) is 0.391. The van der Waals surface area contributed by atoms with Crippen molar-refractivity contribution < 1.29 is 28.2 Å². The van der Waals surface area contributed by atoms with Crippen LogP contribution in [0.3, 0.4) is 0 Å². The van der Waals surface area contributed by atoms with Crippen LogP contribution in [-0.4, -0.2) is 63.7 Å². The number of Topliss-reactive ketones (excluding diaryl/α,β-unsaturated/α-hetero) is 1. The van der Waals surface area contributed by atoms with E-state index in [-0.39, 0.29) is 17.0 Å². The molecule has 1 aliphatic heterocycles. The number of rotatable bonds is 9. The van der Waals surface area contributed by atoms with Gasteiger partial charge in [0, 0.05) is 31.1 Å². The predicted molar refractivity (Wildman–Crippen MR) is 115 cm³/mol. The van der Waals surface area contributed by atoms with Crippen LogP contribution in [0, 0.1) is 5.82 Å². The summed E-state index contributed by atoms with van der Waals surface area (Å²) in [5.74, 6) is -0.691. The van der Waals surface area contributed by atoms with Crippen LogP contribution in [0.4, 0.5) is 10.1 Å². The Morgan fingerprint density at radius 1 is 1.06 bits per heavy atom. The number of ether oxygens (including phenoxy) is 3. The zero-order valence-corrected chi connectivity index (χ0v) is 17.8. The highest BCUT2D eigenvalue weighted by atomic mass is 19.1. The Balaban J connectivity index is 1.79. The molecule has 1 heterocycles. The fourth-order valence-electron chi connectivity index (χ4n) is 3.47. The largest absolute Gasteiger partial charge is 0.493 e. The van der Waals surface area contributed by atoms with Gasteiger partial charge in [0.1, 0.15) is 5.82 Å². The topological polar surface area (TPSA) is 77.1 Å². The van der Waals surface area contributed by atoms with Gasteiger partial charge in [-0.15, -0.1) is 0 Å². The van der Waals surface area contributed by atoms with Gasteiger partial charge in [0.15, 0.2) is 17.3 Å². The maximum absolute atomic E-state index is 14.0. The lowest BCUT2D eigenvalue weighted by atomic mass is 10.0. The standard InChI is InChI=1S/C23H27FN2O5/c1-29-21-14-17(20(27)8-5-9-26-10-12-31-13-11-26)19(15-22(21)30-2)25-23(28)16-6-3-4-7-18(16)24/h3-4,6-7,14-15H,5,8-13H2,1-2H3,(H,25,28). The summed E-state index contributed by atoms with van der Waals surface area (Å²) in [6.07, 6.45) is 0.975. The molecule has 1 saturated heterocycles. The lowest BCUT2D eigenvalue weighted by molar-refractivity contribution is 0.0371. The second kappa shape index (κ2) is 10.9. The molecule has 3 rings (SSSR count). The van der Waals surface area contributed by atoms with Gasteiger partial charge in [0.2, 0.25) is 0 Å². The molecule has 7 nitrogen and oxygen atoms in total. The van der Waals surface area contributed by atoms with E-state index in [4.69, 9.17) is 14.2 Å². The third-order valence-electron chi connectivity index (χ3n) is 5.17. The van der Waals surface area contributed by atoms with E-state index < -0.39 is 11.7 Å². The first kappa shape index (κ1) is 22.7. The average Bonchev–Trinajstić information content (AvgIpc) is 2.79. The van der Waals surface area contributed by atoms with Gasteiger partial charge >= 0.3 is 0 Å². The molecular weight excluding hydrogens is 403 g/mol. The second-order valence-corrected chi connectivity index (χ2v) is 7.17. The van der Waals surface area contributed by atoms with Crippen LogP contribution < -0.4 is 14.8 Å². The summed E-state index contributed by atoms with van der Waals surface area (Å²) in [5, 5.41) is 2.65. The zero-order chi connectivity index (χ0) is 22.2. The number of anilines is 1. The van der Waals surface area contributed by atoms with Crippen molar-refractivity contribution in [3.8, 4) is 11.5 Å². The van der Waals surface area contributed by atoms with Gasteiger partial charge in [-0.2, -0.15) is 0 Å². The number of amides is 1. The Bertz CT molecular complexity index is 928. The minimum absolute atomic E-state index is 0.108. The Hall–Kier alpha value is -2.97. The zero-order valence-electron chi connectivity index (χ0n) is 17.8. The maximum atomic E-state index is 14.0. The molecule has 2 aromatic carbocycles. The highest BCUT2D eigenvalue weighted by Gasteiger charge is 2.20. The summed E-state index contributed by atoms with van der Waals surface area (Å²) in [6.45, 7) is 3.91. The molecule has 0 saturated carbocycles. The number of hydrogen-bond acceptors (Lipinski definition) is 6. The van der Waals surface area contributed by atoms with Crippen molar-refractivity contribution in [3.05, 3.63) is 53.3 Å². The minimum atomic E-state index is -0.646. The minimum Gasteiger partial charge on any atom is -0.493 e. The number of carbonyl (C=O) groups is 2. The van der Waals surface area contributed by atoms with E-state index in [0.717, 1.165) is 19.6 Å². The number of halogens is 1. The summed E-state index contributed by atoms with van der Waals surface area (Å²) >= 11 is 0. The summed E-state index contributed by atoms with van der Waals surface area (Å²) in [5.41, 5.74) is 0.439. The molecule has 2 aromatic rings. The van der Waals surface area contributed by atoms with Crippen molar-refractivity contribution in [1.29, 1.82) is 0 Å². The van der Waals surface area contributed by atoms with Crippen molar-refractivity contribution in [2.75, 3.05) is 52.4 Å². The van der Waals surface area contributed by atoms with Crippen molar-refractivity contribution in [2.45, 2.75) is 12.8 Å². The van der Waals surface area contributed by atoms with E-state index in [2.05, 4.69) is 10.2 Å². The first-order valence-electron chi connectivity index (χ1n) is 10.2. The van der Waals surface area contributed by atoms with E-state index in [1.807, 2.05) is 0 Å². The number of hydrogen-bond donors (Lipinski definition) is 1. The number of nitrogens with one attached hydrogen (secondary N) is 1. The fourth-order valence-corrected chi connectivity index (χ4v) is 3.47. The van der Waals surface area contributed by atoms with Gasteiger partial charge in [-0.3, -0.25) is 14.5 Å². The summed E-state index contributed by atoms with van der Waals surface area (Å²) in [4.78, 5) is 27.9. The van der Waals surface area contributed by atoms with Gasteiger partial charge in [-0.1, -0.05) is 12.1 Å². The highest BCUT2D eigenvalue weighted by molar-refractivity contribution is 6.10. The van der Waals surface area contributed by atoms with E-state index >= 15 is 0 Å². The normalized spacial score (nSPS) is 14.2. The number of nitrogens with zero attached hydrogens (tertiary/aromatic N) is 1. The Morgan fingerprint density at radius 2 is 1.74 bits per heavy atom. The smallest absolute Gasteiger partial charge is 0.258 e. The molecule has 0 aromatic heterocycles. The van der Waals surface area contributed by atoms with Crippen molar-refractivity contribution >= 4 is 17.4 Å². The van der Waals surface area contributed by atoms with Crippen molar-refractivity contribution in [3.63, 3.8) is 0 Å². The Kier molecular flexibility index (Phi) is 7.97. The van der Waals surface area contributed by atoms with Crippen LogP contribution in [0.1, 0.15) is 33.6 Å². The van der Waals surface area contributed by atoms with Crippen LogP contribution in [0.25, 0.3) is 0 Å². The van der Waals surface area contributed by atoms with Crippen LogP contribution in [0.15, 0.2) is 36.4 Å². The average molecular weight is 430 g/mol. The molecule has 0 radical (unpaired) electrons. The predicted octanol–water partition coefficient (Wildman–Crippen LogP) is 3.39. The van der Waals surface area contributed by atoms with Gasteiger partial charge in [-0.25, -0.2) is 4.39 Å². The van der Waals surface area contributed by atoms with Crippen LogP contribution >= 0.6 is 0 Å². The van der Waals surface area contributed by atoms with E-state index in [1.165, 1.54) is 38.5 Å². The molecule has 1 N–H and O–H groups in total. The molecular formula is C23H27FN2O5. The molecule has 0 bridgehead atoms. The van der Waals surface area contributed by atoms with Crippen molar-refractivity contribution in [2.24, 2.45) is 0 Å².